The van der Waals surface area contributed by atoms with Gasteiger partial charge in [-0.2, -0.15) is 0 Å². The molecule has 2 aliphatic rings. The SMILES string of the molecule is O=c1n(Cc2ccc(-c3cccc(CN4CCC(F)(F)CC4)c3)cc2)cc(O)n1CC1CCC1. The first kappa shape index (κ1) is 22.8. The topological polar surface area (TPSA) is 50.4 Å². The third-order valence-electron chi connectivity index (χ3n) is 7.25. The molecule has 7 heteroatoms. The number of halogens is 2. The van der Waals surface area contributed by atoms with Crippen LogP contribution >= 0.6 is 0 Å². The van der Waals surface area contributed by atoms with Gasteiger partial charge in [0.1, 0.15) is 0 Å². The van der Waals surface area contributed by atoms with E-state index in [-0.39, 0.29) is 24.4 Å². The van der Waals surface area contributed by atoms with Crippen molar-refractivity contribution in [3.63, 3.8) is 0 Å². The van der Waals surface area contributed by atoms with E-state index in [0.717, 1.165) is 35.1 Å². The molecule has 1 saturated heterocycles. The summed E-state index contributed by atoms with van der Waals surface area (Å²) in [5, 5.41) is 10.2. The van der Waals surface area contributed by atoms with Gasteiger partial charge in [-0.25, -0.2) is 13.6 Å². The van der Waals surface area contributed by atoms with E-state index in [9.17, 15) is 18.7 Å². The molecule has 2 heterocycles. The lowest BCUT2D eigenvalue weighted by Crippen LogP contribution is -2.38. The maximum absolute atomic E-state index is 13.4. The third kappa shape index (κ3) is 5.09. The number of alkyl halides is 2. The Balaban J connectivity index is 1.24. The monoisotopic (exact) mass is 467 g/mol. The minimum Gasteiger partial charge on any atom is -0.493 e. The number of imidazole rings is 1. The summed E-state index contributed by atoms with van der Waals surface area (Å²) in [4.78, 5) is 14.8. The Labute approximate surface area is 198 Å². The van der Waals surface area contributed by atoms with Gasteiger partial charge in [0.25, 0.3) is 5.92 Å². The van der Waals surface area contributed by atoms with Gasteiger partial charge in [-0.05, 0) is 47.1 Å². The highest BCUT2D eigenvalue weighted by Crippen LogP contribution is 2.30. The number of likely N-dealkylation sites (tertiary alicyclic amines) is 1. The summed E-state index contributed by atoms with van der Waals surface area (Å²) in [5.74, 6) is -2.00. The summed E-state index contributed by atoms with van der Waals surface area (Å²) in [7, 11) is 0. The zero-order valence-electron chi connectivity index (χ0n) is 19.3. The van der Waals surface area contributed by atoms with Crippen LogP contribution in [0.3, 0.4) is 0 Å². The lowest BCUT2D eigenvalue weighted by molar-refractivity contribution is -0.0566. The van der Waals surface area contributed by atoms with Crippen molar-refractivity contribution in [1.82, 2.24) is 14.0 Å². The molecular formula is C27H31F2N3O2. The predicted octanol–water partition coefficient (Wildman–Crippen LogP) is 5.10. The number of nitrogens with zero attached hydrogens (tertiary/aromatic N) is 3. The van der Waals surface area contributed by atoms with Crippen molar-refractivity contribution < 1.29 is 13.9 Å². The van der Waals surface area contributed by atoms with Gasteiger partial charge in [-0.1, -0.05) is 48.9 Å². The number of hydrogen-bond donors (Lipinski definition) is 1. The van der Waals surface area contributed by atoms with Crippen molar-refractivity contribution in [2.45, 2.75) is 57.7 Å². The van der Waals surface area contributed by atoms with Crippen LogP contribution in [0.15, 0.2) is 59.5 Å². The highest BCUT2D eigenvalue weighted by atomic mass is 19.3. The van der Waals surface area contributed by atoms with Gasteiger partial charge in [-0.3, -0.25) is 14.0 Å². The first-order valence-corrected chi connectivity index (χ1v) is 12.1. The van der Waals surface area contributed by atoms with Crippen molar-refractivity contribution >= 4 is 0 Å². The molecule has 2 fully saturated rings. The standard InChI is InChI=1S/C27H31F2N3O2/c28-27(29)11-13-30(14-12-27)16-22-5-2-6-24(15-22)23-9-7-21(8-10-23)17-31-19-25(33)32(26(31)34)18-20-3-1-4-20/h2,5-10,15,19-20,33H,1,3-4,11-14,16-18H2. The number of aromatic hydroxyl groups is 1. The number of hydrogen-bond acceptors (Lipinski definition) is 3. The second kappa shape index (κ2) is 9.37. The Morgan fingerprint density at radius 3 is 2.35 bits per heavy atom. The minimum atomic E-state index is -2.52. The van der Waals surface area contributed by atoms with Crippen LogP contribution in [-0.4, -0.2) is 38.2 Å². The fourth-order valence-corrected chi connectivity index (χ4v) is 4.88. The molecular weight excluding hydrogens is 436 g/mol. The fourth-order valence-electron chi connectivity index (χ4n) is 4.88. The maximum atomic E-state index is 13.4. The molecule has 1 aromatic heterocycles. The second-order valence-electron chi connectivity index (χ2n) is 9.83. The Morgan fingerprint density at radius 2 is 1.68 bits per heavy atom. The number of benzene rings is 2. The highest BCUT2D eigenvalue weighted by molar-refractivity contribution is 5.64. The normalized spacial score (nSPS) is 18.6. The Morgan fingerprint density at radius 1 is 0.941 bits per heavy atom. The molecule has 0 amide bonds. The van der Waals surface area contributed by atoms with Crippen LogP contribution in [-0.2, 0) is 19.6 Å². The van der Waals surface area contributed by atoms with E-state index in [2.05, 4.69) is 11.0 Å². The zero-order valence-corrected chi connectivity index (χ0v) is 19.3. The van der Waals surface area contributed by atoms with Gasteiger partial charge in [0, 0.05) is 39.0 Å². The van der Waals surface area contributed by atoms with Crippen LogP contribution < -0.4 is 5.69 Å². The van der Waals surface area contributed by atoms with Crippen molar-refractivity contribution in [3.8, 4) is 17.0 Å². The van der Waals surface area contributed by atoms with Crippen LogP contribution in [0.4, 0.5) is 8.78 Å². The largest absolute Gasteiger partial charge is 0.493 e. The molecule has 5 rings (SSSR count). The van der Waals surface area contributed by atoms with E-state index in [4.69, 9.17) is 0 Å². The zero-order chi connectivity index (χ0) is 23.7. The molecule has 1 N–H and O–H groups in total. The smallest absolute Gasteiger partial charge is 0.331 e. The highest BCUT2D eigenvalue weighted by Gasteiger charge is 2.33. The molecule has 34 heavy (non-hydrogen) atoms. The van der Waals surface area contributed by atoms with E-state index in [1.165, 1.54) is 17.2 Å². The van der Waals surface area contributed by atoms with Crippen molar-refractivity contribution in [2.24, 2.45) is 5.92 Å². The summed E-state index contributed by atoms with van der Waals surface area (Å²) in [6.45, 7) is 2.51. The second-order valence-corrected chi connectivity index (χ2v) is 9.83. The average Bonchev–Trinajstić information content (AvgIpc) is 3.05. The van der Waals surface area contributed by atoms with E-state index in [0.29, 0.717) is 38.6 Å². The lowest BCUT2D eigenvalue weighted by atomic mass is 9.85. The van der Waals surface area contributed by atoms with Crippen molar-refractivity contribution in [2.75, 3.05) is 13.1 Å². The van der Waals surface area contributed by atoms with E-state index >= 15 is 0 Å². The van der Waals surface area contributed by atoms with Gasteiger partial charge in [0.05, 0.1) is 12.7 Å². The number of aromatic nitrogens is 2. The Kier molecular flexibility index (Phi) is 6.30. The van der Waals surface area contributed by atoms with Crippen LogP contribution in [0, 0.1) is 5.92 Å². The van der Waals surface area contributed by atoms with Gasteiger partial charge in [-0.15, -0.1) is 0 Å². The van der Waals surface area contributed by atoms with Crippen molar-refractivity contribution in [3.05, 3.63) is 76.3 Å². The van der Waals surface area contributed by atoms with Gasteiger partial charge >= 0.3 is 5.69 Å². The number of piperidine rings is 1. The van der Waals surface area contributed by atoms with E-state index < -0.39 is 5.92 Å². The van der Waals surface area contributed by atoms with Crippen LogP contribution in [0.5, 0.6) is 5.88 Å². The molecule has 1 aliphatic heterocycles. The molecule has 0 atom stereocenters. The van der Waals surface area contributed by atoms with Gasteiger partial charge < -0.3 is 5.11 Å². The predicted molar refractivity (Wildman–Crippen MR) is 128 cm³/mol. The third-order valence-corrected chi connectivity index (χ3v) is 7.25. The molecule has 0 radical (unpaired) electrons. The molecule has 1 saturated carbocycles. The maximum Gasteiger partial charge on any atom is 0.331 e. The van der Waals surface area contributed by atoms with Crippen LogP contribution in [0.1, 0.15) is 43.2 Å². The minimum absolute atomic E-state index is 0.0303. The molecule has 3 aromatic rings. The molecule has 0 bridgehead atoms. The molecule has 5 nitrogen and oxygen atoms in total. The Bertz CT molecular complexity index is 1190. The van der Waals surface area contributed by atoms with Gasteiger partial charge in [0.15, 0.2) is 0 Å². The quantitative estimate of drug-likeness (QED) is 0.526. The van der Waals surface area contributed by atoms with E-state index in [1.54, 1.807) is 4.57 Å². The van der Waals surface area contributed by atoms with Crippen LogP contribution in [0.2, 0.25) is 0 Å². The molecule has 0 spiro atoms. The summed E-state index contributed by atoms with van der Waals surface area (Å²) in [5.41, 5.74) is 4.07. The van der Waals surface area contributed by atoms with Crippen molar-refractivity contribution in [1.29, 1.82) is 0 Å². The van der Waals surface area contributed by atoms with Crippen LogP contribution in [0.25, 0.3) is 11.1 Å². The molecule has 1 aliphatic carbocycles. The summed E-state index contributed by atoms with van der Waals surface area (Å²) >= 11 is 0. The molecule has 2 aromatic carbocycles. The summed E-state index contributed by atoms with van der Waals surface area (Å²) in [6.07, 6.45) is 4.82. The first-order chi connectivity index (χ1) is 16.4. The summed E-state index contributed by atoms with van der Waals surface area (Å²) < 4.78 is 29.9. The van der Waals surface area contributed by atoms with E-state index in [1.807, 2.05) is 42.5 Å². The lowest BCUT2D eigenvalue weighted by Gasteiger charge is -2.31. The fraction of sp³-hybridized carbons (Fsp3) is 0.444. The summed E-state index contributed by atoms with van der Waals surface area (Å²) in [6, 6.07) is 16.3. The number of rotatable bonds is 7. The van der Waals surface area contributed by atoms with Gasteiger partial charge in [0.2, 0.25) is 5.88 Å². The average molecular weight is 468 g/mol. The first-order valence-electron chi connectivity index (χ1n) is 12.1. The molecule has 180 valence electrons. The molecule has 0 unspecified atom stereocenters. The Hall–Kier alpha value is -2.93.